The number of anilines is 1. The van der Waals surface area contributed by atoms with Gasteiger partial charge in [0.2, 0.25) is 0 Å². The van der Waals surface area contributed by atoms with Crippen LogP contribution >= 0.6 is 0 Å². The van der Waals surface area contributed by atoms with Crippen LogP contribution < -0.4 is 5.32 Å². The molecule has 0 aliphatic carbocycles. The molecule has 0 spiro atoms. The van der Waals surface area contributed by atoms with Crippen molar-refractivity contribution in [3.8, 4) is 0 Å². The molecule has 104 valence electrons. The van der Waals surface area contributed by atoms with Crippen LogP contribution in [0.15, 0.2) is 18.2 Å². The Morgan fingerprint density at radius 1 is 1.47 bits per heavy atom. The molecule has 1 saturated heterocycles. The van der Waals surface area contributed by atoms with E-state index in [1.54, 1.807) is 6.07 Å². The van der Waals surface area contributed by atoms with Gasteiger partial charge in [-0.1, -0.05) is 13.0 Å². The van der Waals surface area contributed by atoms with Gasteiger partial charge in [0.1, 0.15) is 11.5 Å². The lowest BCUT2D eigenvalue weighted by Crippen LogP contribution is -2.42. The minimum atomic E-state index is 0.0624. The first-order valence-electron chi connectivity index (χ1n) is 7.24. The maximum atomic E-state index is 12.5. The average molecular weight is 261 g/mol. The van der Waals surface area contributed by atoms with E-state index in [1.807, 2.05) is 17.0 Å². The van der Waals surface area contributed by atoms with Crippen molar-refractivity contribution >= 4 is 11.7 Å². The molecule has 1 atom stereocenters. The number of rotatable bonds is 4. The van der Waals surface area contributed by atoms with Crippen LogP contribution in [0.1, 0.15) is 50.0 Å². The number of carbonyl (C=O) groups is 1. The Kier molecular flexibility index (Phi) is 4.77. The van der Waals surface area contributed by atoms with Crippen LogP contribution in [0.3, 0.4) is 0 Å². The van der Waals surface area contributed by atoms with Crippen LogP contribution in [-0.2, 0) is 0 Å². The van der Waals surface area contributed by atoms with Crippen molar-refractivity contribution in [2.75, 3.05) is 18.4 Å². The standard InChI is InChI=1S/C15H23N3O/c1-3-10-16-14-9-6-8-13(17-14)15(19)18-11-5-4-7-12(18)2/h6,8-9,12H,3-5,7,10-11H2,1-2H3,(H,16,17). The molecule has 1 N–H and O–H groups in total. The van der Waals surface area contributed by atoms with Crippen molar-refractivity contribution in [1.29, 1.82) is 0 Å². The number of pyridine rings is 1. The third-order valence-corrected chi connectivity index (χ3v) is 3.59. The predicted octanol–water partition coefficient (Wildman–Crippen LogP) is 2.92. The molecule has 1 aliphatic heterocycles. The number of piperidine rings is 1. The summed E-state index contributed by atoms with van der Waals surface area (Å²) in [5.74, 6) is 0.852. The Morgan fingerprint density at radius 2 is 2.32 bits per heavy atom. The molecule has 1 unspecified atom stereocenters. The fourth-order valence-electron chi connectivity index (χ4n) is 2.45. The maximum absolute atomic E-state index is 12.5. The molecule has 2 rings (SSSR count). The highest BCUT2D eigenvalue weighted by molar-refractivity contribution is 5.93. The maximum Gasteiger partial charge on any atom is 0.272 e. The highest BCUT2D eigenvalue weighted by Gasteiger charge is 2.24. The van der Waals surface area contributed by atoms with Gasteiger partial charge >= 0.3 is 0 Å². The highest BCUT2D eigenvalue weighted by atomic mass is 16.2. The van der Waals surface area contributed by atoms with E-state index in [0.717, 1.165) is 38.2 Å². The minimum absolute atomic E-state index is 0.0624. The van der Waals surface area contributed by atoms with Gasteiger partial charge in [0.25, 0.3) is 5.91 Å². The second-order valence-electron chi connectivity index (χ2n) is 5.18. The summed E-state index contributed by atoms with van der Waals surface area (Å²) < 4.78 is 0. The summed E-state index contributed by atoms with van der Waals surface area (Å²) >= 11 is 0. The number of amides is 1. The Morgan fingerprint density at radius 3 is 3.05 bits per heavy atom. The van der Waals surface area contributed by atoms with Crippen LogP contribution in [0, 0.1) is 0 Å². The number of aromatic nitrogens is 1. The van der Waals surface area contributed by atoms with Crippen LogP contribution in [0.25, 0.3) is 0 Å². The van der Waals surface area contributed by atoms with Gasteiger partial charge in [0.05, 0.1) is 0 Å². The van der Waals surface area contributed by atoms with Gasteiger partial charge in [0.15, 0.2) is 0 Å². The molecular formula is C15H23N3O. The van der Waals surface area contributed by atoms with Crippen molar-refractivity contribution in [3.05, 3.63) is 23.9 Å². The average Bonchev–Trinajstić information content (AvgIpc) is 2.45. The molecule has 0 bridgehead atoms. The van der Waals surface area contributed by atoms with E-state index in [2.05, 4.69) is 24.1 Å². The van der Waals surface area contributed by atoms with Gasteiger partial charge in [-0.15, -0.1) is 0 Å². The molecule has 1 amide bonds. The zero-order valence-electron chi connectivity index (χ0n) is 11.9. The fourth-order valence-corrected chi connectivity index (χ4v) is 2.45. The summed E-state index contributed by atoms with van der Waals surface area (Å²) in [7, 11) is 0. The van der Waals surface area contributed by atoms with E-state index in [-0.39, 0.29) is 5.91 Å². The van der Waals surface area contributed by atoms with Crippen molar-refractivity contribution in [3.63, 3.8) is 0 Å². The largest absolute Gasteiger partial charge is 0.370 e. The highest BCUT2D eigenvalue weighted by Crippen LogP contribution is 2.19. The van der Waals surface area contributed by atoms with Gasteiger partial charge in [-0.25, -0.2) is 4.98 Å². The van der Waals surface area contributed by atoms with E-state index in [9.17, 15) is 4.79 Å². The number of hydrogen-bond donors (Lipinski definition) is 1. The van der Waals surface area contributed by atoms with Gasteiger partial charge in [-0.3, -0.25) is 4.79 Å². The van der Waals surface area contributed by atoms with Crippen molar-refractivity contribution in [2.45, 2.75) is 45.6 Å². The topological polar surface area (TPSA) is 45.2 Å². The first-order valence-corrected chi connectivity index (χ1v) is 7.24. The minimum Gasteiger partial charge on any atom is -0.370 e. The molecule has 19 heavy (non-hydrogen) atoms. The molecule has 1 aromatic heterocycles. The number of likely N-dealkylation sites (tertiary alicyclic amines) is 1. The lowest BCUT2D eigenvalue weighted by atomic mass is 10.0. The second-order valence-corrected chi connectivity index (χ2v) is 5.18. The molecule has 4 nitrogen and oxygen atoms in total. The molecular weight excluding hydrogens is 238 g/mol. The van der Waals surface area contributed by atoms with E-state index in [1.165, 1.54) is 6.42 Å². The number of hydrogen-bond acceptors (Lipinski definition) is 3. The third kappa shape index (κ3) is 3.46. The van der Waals surface area contributed by atoms with E-state index in [0.29, 0.717) is 11.7 Å². The normalized spacial score (nSPS) is 19.3. The quantitative estimate of drug-likeness (QED) is 0.906. The van der Waals surface area contributed by atoms with E-state index >= 15 is 0 Å². The predicted molar refractivity (Wildman–Crippen MR) is 77.4 cm³/mol. The Hall–Kier alpha value is -1.58. The summed E-state index contributed by atoms with van der Waals surface area (Å²) in [6, 6.07) is 5.94. The van der Waals surface area contributed by atoms with Crippen LogP contribution in [-0.4, -0.2) is 34.9 Å². The van der Waals surface area contributed by atoms with Gasteiger partial charge < -0.3 is 10.2 Å². The molecule has 1 aromatic rings. The molecule has 4 heteroatoms. The molecule has 1 fully saturated rings. The monoisotopic (exact) mass is 261 g/mol. The van der Waals surface area contributed by atoms with Crippen molar-refractivity contribution < 1.29 is 4.79 Å². The first kappa shape index (κ1) is 13.8. The van der Waals surface area contributed by atoms with E-state index < -0.39 is 0 Å². The van der Waals surface area contributed by atoms with E-state index in [4.69, 9.17) is 0 Å². The lowest BCUT2D eigenvalue weighted by molar-refractivity contribution is 0.0629. The number of nitrogens with zero attached hydrogens (tertiary/aromatic N) is 2. The van der Waals surface area contributed by atoms with Crippen LogP contribution in [0.4, 0.5) is 5.82 Å². The smallest absolute Gasteiger partial charge is 0.272 e. The third-order valence-electron chi connectivity index (χ3n) is 3.59. The Bertz CT molecular complexity index is 433. The van der Waals surface area contributed by atoms with Crippen LogP contribution in [0.5, 0.6) is 0 Å². The number of carbonyl (C=O) groups excluding carboxylic acids is 1. The van der Waals surface area contributed by atoms with Gasteiger partial charge in [-0.2, -0.15) is 0 Å². The Balaban J connectivity index is 2.09. The molecule has 2 heterocycles. The summed E-state index contributed by atoms with van der Waals surface area (Å²) in [6.07, 6.45) is 4.46. The SMILES string of the molecule is CCCNc1cccc(C(=O)N2CCCCC2C)n1. The zero-order valence-corrected chi connectivity index (χ0v) is 11.9. The van der Waals surface area contributed by atoms with Crippen LogP contribution in [0.2, 0.25) is 0 Å². The molecule has 1 aliphatic rings. The van der Waals surface area contributed by atoms with Crippen molar-refractivity contribution in [1.82, 2.24) is 9.88 Å². The molecule has 0 radical (unpaired) electrons. The zero-order chi connectivity index (χ0) is 13.7. The summed E-state index contributed by atoms with van der Waals surface area (Å²) in [5, 5.41) is 3.22. The molecule has 0 saturated carbocycles. The molecule has 0 aromatic carbocycles. The van der Waals surface area contributed by atoms with Gasteiger partial charge in [-0.05, 0) is 44.7 Å². The fraction of sp³-hybridized carbons (Fsp3) is 0.600. The Labute approximate surface area is 115 Å². The lowest BCUT2D eigenvalue weighted by Gasteiger charge is -2.33. The summed E-state index contributed by atoms with van der Waals surface area (Å²) in [6.45, 7) is 5.96. The van der Waals surface area contributed by atoms with Gasteiger partial charge in [0, 0.05) is 19.1 Å². The summed E-state index contributed by atoms with van der Waals surface area (Å²) in [4.78, 5) is 18.8. The van der Waals surface area contributed by atoms with Crippen molar-refractivity contribution in [2.24, 2.45) is 0 Å². The first-order chi connectivity index (χ1) is 9.22. The summed E-state index contributed by atoms with van der Waals surface area (Å²) in [5.41, 5.74) is 0.551. The number of nitrogens with one attached hydrogen (secondary N) is 1. The second kappa shape index (κ2) is 6.55.